The van der Waals surface area contributed by atoms with Gasteiger partial charge in [-0.2, -0.15) is 0 Å². The minimum absolute atomic E-state index is 0.0778. The van der Waals surface area contributed by atoms with Gasteiger partial charge in [-0.1, -0.05) is 0 Å². The van der Waals surface area contributed by atoms with Gasteiger partial charge in [0.1, 0.15) is 12.6 Å². The number of anilines is 2. The molecule has 4 amide bonds. The number of amides is 4. The van der Waals surface area contributed by atoms with Gasteiger partial charge in [0.2, 0.25) is 23.6 Å². The quantitative estimate of drug-likeness (QED) is 0.192. The molecule has 2 saturated heterocycles. The van der Waals surface area contributed by atoms with Crippen molar-refractivity contribution < 1.29 is 33.5 Å². The largest absolute Gasteiger partial charge is 0.375 e. The first-order valence-electron chi connectivity index (χ1n) is 18.9. The number of aldehydes is 2. The summed E-state index contributed by atoms with van der Waals surface area (Å²) >= 11 is 0. The molecule has 0 bridgehead atoms. The van der Waals surface area contributed by atoms with Crippen molar-refractivity contribution in [2.45, 2.75) is 76.4 Å². The highest BCUT2D eigenvalue weighted by Gasteiger charge is 2.26. The third-order valence-electron chi connectivity index (χ3n) is 10.0. The molecule has 2 aliphatic heterocycles. The van der Waals surface area contributed by atoms with Crippen molar-refractivity contribution in [3.63, 3.8) is 0 Å². The van der Waals surface area contributed by atoms with Crippen LogP contribution in [0.5, 0.6) is 0 Å². The summed E-state index contributed by atoms with van der Waals surface area (Å²) in [6, 6.07) is 13.4. The Kier molecular flexibility index (Phi) is 17.1. The van der Waals surface area contributed by atoms with Gasteiger partial charge in [-0.15, -0.1) is 0 Å². The van der Waals surface area contributed by atoms with Crippen LogP contribution in [0, 0.1) is 0 Å². The molecule has 2 aliphatic rings. The molecule has 13 heteroatoms. The summed E-state index contributed by atoms with van der Waals surface area (Å²) in [7, 11) is 3.57. The van der Waals surface area contributed by atoms with E-state index >= 15 is 0 Å². The minimum Gasteiger partial charge on any atom is -0.375 e. The molecular formula is C40H56N6O7. The zero-order chi connectivity index (χ0) is 38.0. The van der Waals surface area contributed by atoms with E-state index in [0.717, 1.165) is 64.4 Å². The molecule has 2 fully saturated rings. The molecule has 0 aliphatic carbocycles. The molecule has 2 N–H and O–H groups in total. The summed E-state index contributed by atoms with van der Waals surface area (Å²) < 4.78 is 6.48. The Morgan fingerprint density at radius 1 is 0.623 bits per heavy atom. The standard InChI is InChI=1S/C40H56N6O7/c1-43(21-3-5-37(49)41-33-11-7-31(29-47)8-12-33)39(51)19-27-45-23-15-35(16-24-45)53-36-17-25-46(26-18-36)28-20-40(52)44(2)22-4-6-38(50)42-34-13-9-32(30-48)10-14-34/h7-14,29-30,35-36H,3-6,15-28H2,1-2H3,(H,41,49)(H,42,50). The van der Waals surface area contributed by atoms with Gasteiger partial charge in [0.25, 0.3) is 0 Å². The van der Waals surface area contributed by atoms with Crippen LogP contribution in [-0.4, -0.2) is 134 Å². The van der Waals surface area contributed by atoms with Crippen molar-refractivity contribution in [1.29, 1.82) is 0 Å². The van der Waals surface area contributed by atoms with Crippen LogP contribution in [0.2, 0.25) is 0 Å². The van der Waals surface area contributed by atoms with Crippen molar-refractivity contribution in [3.05, 3.63) is 59.7 Å². The number of carbonyl (C=O) groups excluding carboxylic acids is 6. The minimum atomic E-state index is -0.119. The second-order valence-electron chi connectivity index (χ2n) is 14.1. The fourth-order valence-corrected chi connectivity index (χ4v) is 6.64. The van der Waals surface area contributed by atoms with Gasteiger partial charge >= 0.3 is 0 Å². The Balaban J connectivity index is 0.994. The van der Waals surface area contributed by atoms with Crippen LogP contribution in [0.15, 0.2) is 48.5 Å². The van der Waals surface area contributed by atoms with Crippen LogP contribution in [-0.2, 0) is 23.9 Å². The van der Waals surface area contributed by atoms with Gasteiger partial charge in [-0.05, 0) is 87.1 Å². The third-order valence-corrected chi connectivity index (χ3v) is 10.0. The summed E-state index contributed by atoms with van der Waals surface area (Å²) in [5.74, 6) is -0.0833. The zero-order valence-corrected chi connectivity index (χ0v) is 31.3. The first kappa shape index (κ1) is 41.3. The number of hydrogen-bond donors (Lipinski definition) is 2. The van der Waals surface area contributed by atoms with Crippen molar-refractivity contribution in [2.24, 2.45) is 0 Å². The predicted molar refractivity (Wildman–Crippen MR) is 204 cm³/mol. The van der Waals surface area contributed by atoms with E-state index in [9.17, 15) is 28.8 Å². The zero-order valence-electron chi connectivity index (χ0n) is 31.3. The number of nitrogens with one attached hydrogen (secondary N) is 2. The van der Waals surface area contributed by atoms with Gasteiger partial charge in [-0.25, -0.2) is 0 Å². The Morgan fingerprint density at radius 3 is 1.32 bits per heavy atom. The van der Waals surface area contributed by atoms with Gasteiger partial charge < -0.3 is 35.0 Å². The smallest absolute Gasteiger partial charge is 0.224 e. The van der Waals surface area contributed by atoms with Crippen molar-refractivity contribution in [2.75, 3.05) is 77.1 Å². The fourth-order valence-electron chi connectivity index (χ4n) is 6.64. The topological polar surface area (TPSA) is 149 Å². The fraction of sp³-hybridized carbons (Fsp3) is 0.550. The molecule has 13 nitrogen and oxygen atoms in total. The first-order valence-corrected chi connectivity index (χ1v) is 18.9. The van der Waals surface area contributed by atoms with E-state index in [1.54, 1.807) is 72.4 Å². The number of carbonyl (C=O) groups is 6. The highest BCUT2D eigenvalue weighted by molar-refractivity contribution is 5.92. The van der Waals surface area contributed by atoms with Crippen LogP contribution in [0.4, 0.5) is 11.4 Å². The number of nitrogens with zero attached hydrogens (tertiary/aromatic N) is 4. The van der Waals surface area contributed by atoms with Crippen LogP contribution < -0.4 is 10.6 Å². The van der Waals surface area contributed by atoms with Gasteiger partial charge in [0.05, 0.1) is 12.2 Å². The van der Waals surface area contributed by atoms with E-state index in [1.807, 2.05) is 0 Å². The van der Waals surface area contributed by atoms with E-state index in [0.29, 0.717) is 87.2 Å². The van der Waals surface area contributed by atoms with Crippen molar-refractivity contribution in [3.8, 4) is 0 Å². The number of rotatable bonds is 20. The Bertz CT molecular complexity index is 1370. The van der Waals surface area contributed by atoms with E-state index < -0.39 is 0 Å². The van der Waals surface area contributed by atoms with Gasteiger partial charge in [0, 0.05) is 115 Å². The number of hydrogen-bond acceptors (Lipinski definition) is 9. The summed E-state index contributed by atoms with van der Waals surface area (Å²) in [4.78, 5) is 79.5. The molecule has 0 saturated carbocycles. The van der Waals surface area contributed by atoms with Gasteiger partial charge in [0.15, 0.2) is 0 Å². The molecule has 53 heavy (non-hydrogen) atoms. The summed E-state index contributed by atoms with van der Waals surface area (Å²) in [6.07, 6.45) is 8.46. The highest BCUT2D eigenvalue weighted by Crippen LogP contribution is 2.22. The van der Waals surface area contributed by atoms with Gasteiger partial charge in [-0.3, -0.25) is 28.8 Å². The Morgan fingerprint density at radius 2 is 0.981 bits per heavy atom. The van der Waals surface area contributed by atoms with E-state index in [1.165, 1.54) is 0 Å². The molecular weight excluding hydrogens is 676 g/mol. The summed E-state index contributed by atoms with van der Waals surface area (Å²) in [5, 5.41) is 5.63. The highest BCUT2D eigenvalue weighted by atomic mass is 16.5. The van der Waals surface area contributed by atoms with Crippen molar-refractivity contribution >= 4 is 47.6 Å². The van der Waals surface area contributed by atoms with Crippen molar-refractivity contribution in [1.82, 2.24) is 19.6 Å². The maximum Gasteiger partial charge on any atom is 0.224 e. The number of likely N-dealkylation sites (tertiary alicyclic amines) is 2. The average Bonchev–Trinajstić information content (AvgIpc) is 3.17. The molecule has 0 atom stereocenters. The lowest BCUT2D eigenvalue weighted by atomic mass is 10.0. The Hall–Kier alpha value is -4.46. The van der Waals surface area contributed by atoms with Crippen LogP contribution >= 0.6 is 0 Å². The molecule has 2 aromatic rings. The molecule has 0 radical (unpaired) electrons. The number of piperidine rings is 2. The van der Waals surface area contributed by atoms with Crippen LogP contribution in [0.25, 0.3) is 0 Å². The number of benzene rings is 2. The monoisotopic (exact) mass is 732 g/mol. The molecule has 4 rings (SSSR count). The van der Waals surface area contributed by atoms with Crippen LogP contribution in [0.1, 0.15) is 84.9 Å². The SMILES string of the molecule is CN(CCCC(=O)Nc1ccc(C=O)cc1)C(=O)CCN1CCC(OC2CCN(CCC(=O)N(C)CCCC(=O)Nc3ccc(C=O)cc3)CC2)CC1. The average molecular weight is 733 g/mol. The summed E-state index contributed by atoms with van der Waals surface area (Å²) in [6.45, 7) is 6.10. The number of ether oxygens (including phenoxy) is 1. The predicted octanol–water partition coefficient (Wildman–Crippen LogP) is 4.09. The maximum atomic E-state index is 12.7. The summed E-state index contributed by atoms with van der Waals surface area (Å²) in [5.41, 5.74) is 2.40. The second-order valence-corrected chi connectivity index (χ2v) is 14.1. The molecule has 288 valence electrons. The third kappa shape index (κ3) is 14.8. The maximum absolute atomic E-state index is 12.7. The van der Waals surface area contributed by atoms with E-state index in [4.69, 9.17) is 4.74 Å². The van der Waals surface area contributed by atoms with Crippen LogP contribution in [0.3, 0.4) is 0 Å². The second kappa shape index (κ2) is 21.9. The molecule has 0 aromatic heterocycles. The lowest BCUT2D eigenvalue weighted by Gasteiger charge is -2.37. The molecule has 0 spiro atoms. The van der Waals surface area contributed by atoms with E-state index in [-0.39, 0.29) is 35.8 Å². The lowest BCUT2D eigenvalue weighted by molar-refractivity contribution is -0.131. The first-order chi connectivity index (χ1) is 25.6. The molecule has 2 aromatic carbocycles. The lowest BCUT2D eigenvalue weighted by Crippen LogP contribution is -2.43. The molecule has 2 heterocycles. The normalized spacial score (nSPS) is 15.7. The molecule has 0 unspecified atom stereocenters. The van der Waals surface area contributed by atoms with E-state index in [2.05, 4.69) is 20.4 Å². The Labute approximate surface area is 313 Å².